The van der Waals surface area contributed by atoms with E-state index in [-0.39, 0.29) is 0 Å². The molecular formula is C8H13Br. The number of halogens is 1. The lowest BCUT2D eigenvalue weighted by Crippen LogP contribution is -2.25. The third-order valence-electron chi connectivity index (χ3n) is 2.78. The molecule has 2 rings (SSSR count). The quantitative estimate of drug-likeness (QED) is 0.586. The second-order valence-electron chi connectivity index (χ2n) is 3.59. The minimum Gasteiger partial charge on any atom is -0.0925 e. The first kappa shape index (κ1) is 6.21. The van der Waals surface area contributed by atoms with E-state index in [9.17, 15) is 0 Å². The Labute approximate surface area is 65.1 Å². The molecule has 0 N–H and O–H groups in total. The third-order valence-corrected chi connectivity index (χ3v) is 3.69. The Hall–Kier alpha value is 0.480. The monoisotopic (exact) mass is 188 g/mol. The lowest BCUT2D eigenvalue weighted by Gasteiger charge is -2.34. The summed E-state index contributed by atoms with van der Waals surface area (Å²) in [5, 5.41) is 1.25. The van der Waals surface area contributed by atoms with Gasteiger partial charge in [0, 0.05) is 5.33 Å². The van der Waals surface area contributed by atoms with Crippen LogP contribution in [-0.2, 0) is 0 Å². The van der Waals surface area contributed by atoms with Crippen molar-refractivity contribution >= 4 is 15.9 Å². The summed E-state index contributed by atoms with van der Waals surface area (Å²) in [6, 6.07) is 0. The molecule has 52 valence electrons. The predicted molar refractivity (Wildman–Crippen MR) is 42.7 cm³/mol. The second kappa shape index (κ2) is 2.26. The van der Waals surface area contributed by atoms with Gasteiger partial charge in [-0.25, -0.2) is 0 Å². The molecule has 1 heteroatoms. The van der Waals surface area contributed by atoms with Gasteiger partial charge in [-0.05, 0) is 43.4 Å². The van der Waals surface area contributed by atoms with E-state index in [4.69, 9.17) is 0 Å². The number of hydrogen-bond acceptors (Lipinski definition) is 0. The summed E-state index contributed by atoms with van der Waals surface area (Å²) in [5.74, 6) is 3.35. The lowest BCUT2D eigenvalue weighted by molar-refractivity contribution is 0.191. The summed E-state index contributed by atoms with van der Waals surface area (Å²) >= 11 is 3.52. The molecule has 0 aromatic carbocycles. The van der Waals surface area contributed by atoms with Crippen molar-refractivity contribution in [2.45, 2.75) is 25.7 Å². The SMILES string of the molecule is BrCC1CC(C2CC2)C1. The maximum atomic E-state index is 3.52. The zero-order chi connectivity index (χ0) is 6.27. The highest BCUT2D eigenvalue weighted by Gasteiger charge is 2.39. The maximum absolute atomic E-state index is 3.52. The van der Waals surface area contributed by atoms with E-state index in [0.717, 1.165) is 11.8 Å². The molecule has 2 aliphatic rings. The topological polar surface area (TPSA) is 0 Å². The first-order valence-corrected chi connectivity index (χ1v) is 5.08. The van der Waals surface area contributed by atoms with Gasteiger partial charge in [-0.15, -0.1) is 0 Å². The van der Waals surface area contributed by atoms with Crippen LogP contribution >= 0.6 is 15.9 Å². The second-order valence-corrected chi connectivity index (χ2v) is 4.24. The smallest absolute Gasteiger partial charge is 0.00598 e. The first-order valence-electron chi connectivity index (χ1n) is 3.96. The van der Waals surface area contributed by atoms with Gasteiger partial charge in [-0.1, -0.05) is 15.9 Å². The van der Waals surface area contributed by atoms with Crippen LogP contribution in [0.4, 0.5) is 0 Å². The molecule has 0 aromatic rings. The van der Waals surface area contributed by atoms with E-state index in [2.05, 4.69) is 15.9 Å². The van der Waals surface area contributed by atoms with Crippen LogP contribution in [-0.4, -0.2) is 5.33 Å². The molecule has 2 saturated carbocycles. The fourth-order valence-electron chi connectivity index (χ4n) is 1.87. The van der Waals surface area contributed by atoms with Crippen molar-refractivity contribution in [3.8, 4) is 0 Å². The van der Waals surface area contributed by atoms with Gasteiger partial charge in [0.05, 0.1) is 0 Å². The average molecular weight is 189 g/mol. The van der Waals surface area contributed by atoms with Gasteiger partial charge in [0.25, 0.3) is 0 Å². The lowest BCUT2D eigenvalue weighted by atomic mass is 9.73. The highest BCUT2D eigenvalue weighted by molar-refractivity contribution is 9.09. The van der Waals surface area contributed by atoms with Crippen molar-refractivity contribution in [1.82, 2.24) is 0 Å². The minimum absolute atomic E-state index is 1.04. The van der Waals surface area contributed by atoms with Crippen LogP contribution in [0.25, 0.3) is 0 Å². The van der Waals surface area contributed by atoms with Crippen molar-refractivity contribution in [2.24, 2.45) is 17.8 Å². The summed E-state index contributed by atoms with van der Waals surface area (Å²) in [7, 11) is 0. The third kappa shape index (κ3) is 1.17. The Morgan fingerprint density at radius 2 is 1.78 bits per heavy atom. The van der Waals surface area contributed by atoms with Crippen LogP contribution < -0.4 is 0 Å². The Bertz CT molecular complexity index is 101. The molecule has 9 heavy (non-hydrogen) atoms. The van der Waals surface area contributed by atoms with Crippen molar-refractivity contribution in [3.63, 3.8) is 0 Å². The first-order chi connectivity index (χ1) is 4.40. The Balaban J connectivity index is 1.71. The van der Waals surface area contributed by atoms with E-state index in [1.165, 1.54) is 24.1 Å². The fraction of sp³-hybridized carbons (Fsp3) is 1.00. The normalized spacial score (nSPS) is 42.3. The van der Waals surface area contributed by atoms with E-state index >= 15 is 0 Å². The zero-order valence-corrected chi connectivity index (χ0v) is 7.23. The zero-order valence-electron chi connectivity index (χ0n) is 5.65. The van der Waals surface area contributed by atoms with Crippen molar-refractivity contribution in [3.05, 3.63) is 0 Å². The molecule has 2 fully saturated rings. The summed E-state index contributed by atoms with van der Waals surface area (Å²) in [4.78, 5) is 0. The van der Waals surface area contributed by atoms with Gasteiger partial charge in [0.15, 0.2) is 0 Å². The summed E-state index contributed by atoms with van der Waals surface area (Å²) < 4.78 is 0. The molecule has 0 heterocycles. The van der Waals surface area contributed by atoms with Crippen LogP contribution in [0.3, 0.4) is 0 Å². The van der Waals surface area contributed by atoms with Gasteiger partial charge >= 0.3 is 0 Å². The Morgan fingerprint density at radius 3 is 2.22 bits per heavy atom. The standard InChI is InChI=1S/C8H13Br/c9-5-6-3-8(4-6)7-1-2-7/h6-8H,1-5H2. The van der Waals surface area contributed by atoms with E-state index < -0.39 is 0 Å². The largest absolute Gasteiger partial charge is 0.0925 e. The van der Waals surface area contributed by atoms with E-state index in [1.807, 2.05) is 0 Å². The van der Waals surface area contributed by atoms with E-state index in [0.29, 0.717) is 0 Å². The number of alkyl halides is 1. The van der Waals surface area contributed by atoms with Crippen molar-refractivity contribution in [2.75, 3.05) is 5.33 Å². The van der Waals surface area contributed by atoms with Crippen molar-refractivity contribution < 1.29 is 0 Å². The summed E-state index contributed by atoms with van der Waals surface area (Å²) in [6.45, 7) is 0. The van der Waals surface area contributed by atoms with E-state index in [1.54, 1.807) is 12.8 Å². The minimum atomic E-state index is 1.04. The molecule has 0 saturated heterocycles. The Kier molecular flexibility index (Phi) is 1.56. The van der Waals surface area contributed by atoms with Gasteiger partial charge in [0.1, 0.15) is 0 Å². The molecule has 2 aliphatic carbocycles. The number of rotatable bonds is 2. The molecule has 0 aromatic heterocycles. The van der Waals surface area contributed by atoms with Gasteiger partial charge in [-0.2, -0.15) is 0 Å². The molecule has 0 bridgehead atoms. The van der Waals surface area contributed by atoms with Crippen LogP contribution in [0.2, 0.25) is 0 Å². The molecular weight excluding hydrogens is 176 g/mol. The van der Waals surface area contributed by atoms with Crippen LogP contribution in [0, 0.1) is 17.8 Å². The summed E-state index contributed by atoms with van der Waals surface area (Å²) in [5.41, 5.74) is 0. The molecule has 0 nitrogen and oxygen atoms in total. The predicted octanol–water partition coefficient (Wildman–Crippen LogP) is 2.82. The highest BCUT2D eigenvalue weighted by Crippen LogP contribution is 2.49. The number of hydrogen-bond donors (Lipinski definition) is 0. The molecule has 0 atom stereocenters. The van der Waals surface area contributed by atoms with Crippen molar-refractivity contribution in [1.29, 1.82) is 0 Å². The molecule has 0 amide bonds. The fourth-order valence-corrected chi connectivity index (χ4v) is 2.39. The van der Waals surface area contributed by atoms with Gasteiger partial charge in [0.2, 0.25) is 0 Å². The van der Waals surface area contributed by atoms with Crippen LogP contribution in [0.5, 0.6) is 0 Å². The van der Waals surface area contributed by atoms with Gasteiger partial charge < -0.3 is 0 Å². The highest BCUT2D eigenvalue weighted by atomic mass is 79.9. The summed E-state index contributed by atoms with van der Waals surface area (Å²) in [6.07, 6.45) is 6.13. The molecule has 0 unspecified atom stereocenters. The molecule has 0 aliphatic heterocycles. The molecule has 0 radical (unpaired) electrons. The van der Waals surface area contributed by atoms with Crippen LogP contribution in [0.15, 0.2) is 0 Å². The van der Waals surface area contributed by atoms with Gasteiger partial charge in [-0.3, -0.25) is 0 Å². The molecule has 0 spiro atoms. The average Bonchev–Trinajstić information content (AvgIpc) is 2.46. The van der Waals surface area contributed by atoms with Crippen LogP contribution in [0.1, 0.15) is 25.7 Å². The Morgan fingerprint density at radius 1 is 1.11 bits per heavy atom. The maximum Gasteiger partial charge on any atom is 0.00598 e.